The maximum absolute atomic E-state index is 9.37. The van der Waals surface area contributed by atoms with Crippen molar-refractivity contribution < 1.29 is 4.42 Å². The SMILES string of the molecule is Cc1ccc(-c2csc(/C(C#N)=C/c3ccc(C)o3)n2)cc1. The Bertz CT molecular complexity index is 863. The summed E-state index contributed by atoms with van der Waals surface area (Å²) in [5.41, 5.74) is 3.67. The lowest BCUT2D eigenvalue weighted by atomic mass is 10.1. The van der Waals surface area contributed by atoms with Crippen molar-refractivity contribution in [2.75, 3.05) is 0 Å². The van der Waals surface area contributed by atoms with Gasteiger partial charge in [-0.05, 0) is 26.0 Å². The largest absolute Gasteiger partial charge is 0.462 e. The zero-order valence-electron chi connectivity index (χ0n) is 12.3. The lowest BCUT2D eigenvalue weighted by Gasteiger charge is -1.97. The third kappa shape index (κ3) is 3.00. The van der Waals surface area contributed by atoms with E-state index in [2.05, 4.69) is 30.1 Å². The molecule has 22 heavy (non-hydrogen) atoms. The first kappa shape index (κ1) is 14.3. The Hall–Kier alpha value is -2.64. The molecule has 0 amide bonds. The van der Waals surface area contributed by atoms with Gasteiger partial charge in [-0.2, -0.15) is 5.26 Å². The van der Waals surface area contributed by atoms with Gasteiger partial charge in [-0.3, -0.25) is 0 Å². The number of hydrogen-bond donors (Lipinski definition) is 0. The van der Waals surface area contributed by atoms with Crippen molar-refractivity contribution in [2.24, 2.45) is 0 Å². The summed E-state index contributed by atoms with van der Waals surface area (Å²) in [7, 11) is 0. The molecule has 0 unspecified atom stereocenters. The Morgan fingerprint density at radius 3 is 2.59 bits per heavy atom. The maximum atomic E-state index is 9.37. The zero-order chi connectivity index (χ0) is 15.5. The predicted molar refractivity (Wildman–Crippen MR) is 89.2 cm³/mol. The molecule has 4 heteroatoms. The topological polar surface area (TPSA) is 49.8 Å². The molecule has 0 aliphatic rings. The molecule has 0 saturated heterocycles. The molecule has 2 heterocycles. The average Bonchev–Trinajstić information content (AvgIpc) is 3.15. The van der Waals surface area contributed by atoms with Gasteiger partial charge < -0.3 is 4.42 Å². The molecule has 0 atom stereocenters. The molecule has 1 aromatic carbocycles. The molecule has 0 saturated carbocycles. The minimum atomic E-state index is 0.512. The van der Waals surface area contributed by atoms with Crippen LogP contribution in [0.15, 0.2) is 46.2 Å². The first-order chi connectivity index (χ1) is 10.7. The van der Waals surface area contributed by atoms with Crippen molar-refractivity contribution in [1.82, 2.24) is 4.98 Å². The van der Waals surface area contributed by atoms with Crippen LogP contribution in [0, 0.1) is 25.2 Å². The lowest BCUT2D eigenvalue weighted by molar-refractivity contribution is 0.525. The minimum absolute atomic E-state index is 0.512. The fraction of sp³-hybridized carbons (Fsp3) is 0.111. The number of thiazole rings is 1. The van der Waals surface area contributed by atoms with E-state index in [-0.39, 0.29) is 0 Å². The Labute approximate surface area is 133 Å². The van der Waals surface area contributed by atoms with Crippen LogP contribution in [0.25, 0.3) is 22.9 Å². The van der Waals surface area contributed by atoms with Gasteiger partial charge in [0.2, 0.25) is 0 Å². The highest BCUT2D eigenvalue weighted by atomic mass is 32.1. The summed E-state index contributed by atoms with van der Waals surface area (Å²) < 4.78 is 5.49. The van der Waals surface area contributed by atoms with Crippen LogP contribution < -0.4 is 0 Å². The van der Waals surface area contributed by atoms with Gasteiger partial charge >= 0.3 is 0 Å². The fourth-order valence-corrected chi connectivity index (χ4v) is 2.86. The number of nitriles is 1. The molecule has 0 bridgehead atoms. The van der Waals surface area contributed by atoms with E-state index in [4.69, 9.17) is 4.42 Å². The third-order valence-electron chi connectivity index (χ3n) is 3.25. The molecule has 3 aromatic rings. The van der Waals surface area contributed by atoms with E-state index >= 15 is 0 Å². The summed E-state index contributed by atoms with van der Waals surface area (Å²) in [6, 6.07) is 14.1. The molecule has 0 N–H and O–H groups in total. The Kier molecular flexibility index (Phi) is 3.90. The maximum Gasteiger partial charge on any atom is 0.134 e. The molecular weight excluding hydrogens is 292 g/mol. The van der Waals surface area contributed by atoms with Crippen LogP contribution in [0.2, 0.25) is 0 Å². The zero-order valence-corrected chi connectivity index (χ0v) is 13.1. The molecule has 108 valence electrons. The first-order valence-electron chi connectivity index (χ1n) is 6.87. The molecule has 3 rings (SSSR count). The van der Waals surface area contributed by atoms with Crippen LogP contribution in [-0.4, -0.2) is 4.98 Å². The van der Waals surface area contributed by atoms with Crippen molar-refractivity contribution in [3.8, 4) is 17.3 Å². The number of hydrogen-bond acceptors (Lipinski definition) is 4. The molecule has 0 spiro atoms. The Morgan fingerprint density at radius 1 is 1.18 bits per heavy atom. The van der Waals surface area contributed by atoms with Crippen LogP contribution >= 0.6 is 11.3 Å². The molecule has 3 nitrogen and oxygen atoms in total. The van der Waals surface area contributed by atoms with Crippen molar-refractivity contribution in [2.45, 2.75) is 13.8 Å². The smallest absolute Gasteiger partial charge is 0.134 e. The van der Waals surface area contributed by atoms with Crippen molar-refractivity contribution >= 4 is 23.0 Å². The average molecular weight is 306 g/mol. The van der Waals surface area contributed by atoms with Crippen LogP contribution in [0.4, 0.5) is 0 Å². The van der Waals surface area contributed by atoms with E-state index in [0.717, 1.165) is 17.0 Å². The quantitative estimate of drug-likeness (QED) is 0.634. The van der Waals surface area contributed by atoms with Gasteiger partial charge in [-0.15, -0.1) is 11.3 Å². The predicted octanol–water partition coefficient (Wildman–Crippen LogP) is 5.08. The van der Waals surface area contributed by atoms with E-state index in [1.54, 1.807) is 6.08 Å². The van der Waals surface area contributed by atoms with E-state index < -0.39 is 0 Å². The Morgan fingerprint density at radius 2 is 1.95 bits per heavy atom. The second-order valence-corrected chi connectivity index (χ2v) is 5.88. The highest BCUT2D eigenvalue weighted by Gasteiger charge is 2.10. The molecular formula is C18H14N2OS. The van der Waals surface area contributed by atoms with E-state index in [1.807, 2.05) is 36.6 Å². The molecule has 2 aromatic heterocycles. The summed E-state index contributed by atoms with van der Waals surface area (Å²) in [6.45, 7) is 3.93. The van der Waals surface area contributed by atoms with Gasteiger partial charge in [0, 0.05) is 17.0 Å². The fourth-order valence-electron chi connectivity index (χ4n) is 2.07. The van der Waals surface area contributed by atoms with Crippen molar-refractivity contribution in [3.63, 3.8) is 0 Å². The monoisotopic (exact) mass is 306 g/mol. The number of allylic oxidation sites excluding steroid dienone is 1. The second kappa shape index (κ2) is 6.00. The van der Waals surface area contributed by atoms with E-state index in [9.17, 15) is 5.26 Å². The highest BCUT2D eigenvalue weighted by Crippen LogP contribution is 2.27. The number of nitrogens with zero attached hydrogens (tertiary/aromatic N) is 2. The van der Waals surface area contributed by atoms with Gasteiger partial charge in [-0.1, -0.05) is 29.8 Å². The number of aromatic nitrogens is 1. The standard InChI is InChI=1S/C18H14N2OS/c1-12-3-6-14(7-4-12)17-11-22-18(20-17)15(10-19)9-16-8-5-13(2)21-16/h3-9,11H,1-2H3/b15-9+. The minimum Gasteiger partial charge on any atom is -0.462 e. The summed E-state index contributed by atoms with van der Waals surface area (Å²) >= 11 is 1.46. The number of furan rings is 1. The Balaban J connectivity index is 1.93. The van der Waals surface area contributed by atoms with Gasteiger partial charge in [0.1, 0.15) is 22.6 Å². The van der Waals surface area contributed by atoms with Gasteiger partial charge in [0.25, 0.3) is 0 Å². The second-order valence-electron chi connectivity index (χ2n) is 5.02. The summed E-state index contributed by atoms with van der Waals surface area (Å²) in [6.07, 6.45) is 1.73. The van der Waals surface area contributed by atoms with Crippen LogP contribution in [0.3, 0.4) is 0 Å². The first-order valence-corrected chi connectivity index (χ1v) is 7.75. The summed E-state index contributed by atoms with van der Waals surface area (Å²) in [4.78, 5) is 4.57. The highest BCUT2D eigenvalue weighted by molar-refractivity contribution is 7.11. The molecule has 0 radical (unpaired) electrons. The van der Waals surface area contributed by atoms with Crippen molar-refractivity contribution in [3.05, 3.63) is 63.9 Å². The van der Waals surface area contributed by atoms with Crippen LogP contribution in [0.1, 0.15) is 22.1 Å². The van der Waals surface area contributed by atoms with Crippen molar-refractivity contribution in [1.29, 1.82) is 5.26 Å². The van der Waals surface area contributed by atoms with E-state index in [1.165, 1.54) is 16.9 Å². The number of benzene rings is 1. The van der Waals surface area contributed by atoms with Gasteiger partial charge in [0.05, 0.1) is 11.3 Å². The molecule has 0 aliphatic heterocycles. The summed E-state index contributed by atoms with van der Waals surface area (Å²) in [5, 5.41) is 12.0. The van der Waals surface area contributed by atoms with Gasteiger partial charge in [-0.25, -0.2) is 4.98 Å². The van der Waals surface area contributed by atoms with Crippen LogP contribution in [0.5, 0.6) is 0 Å². The lowest BCUT2D eigenvalue weighted by Crippen LogP contribution is -1.82. The molecule has 0 fully saturated rings. The van der Waals surface area contributed by atoms with E-state index in [0.29, 0.717) is 16.3 Å². The third-order valence-corrected chi connectivity index (χ3v) is 4.13. The van der Waals surface area contributed by atoms with Crippen LogP contribution in [-0.2, 0) is 0 Å². The number of aryl methyl sites for hydroxylation is 2. The van der Waals surface area contributed by atoms with Gasteiger partial charge in [0.15, 0.2) is 0 Å². The molecule has 0 aliphatic carbocycles. The summed E-state index contributed by atoms with van der Waals surface area (Å²) in [5.74, 6) is 1.49. The normalized spacial score (nSPS) is 11.4. The number of rotatable bonds is 3.